The zero-order valence-corrected chi connectivity index (χ0v) is 16.0. The van der Waals surface area contributed by atoms with E-state index in [-0.39, 0.29) is 11.2 Å². The number of carbonyl (C=O) groups excluding carboxylic acids is 1. The molecule has 5 heteroatoms. The highest BCUT2D eigenvalue weighted by atomic mass is 32.2. The highest BCUT2D eigenvalue weighted by Gasteiger charge is 2.32. The maximum absolute atomic E-state index is 13.5. The number of anilines is 2. The Labute approximate surface area is 161 Å². The van der Waals surface area contributed by atoms with Crippen molar-refractivity contribution < 1.29 is 4.79 Å². The van der Waals surface area contributed by atoms with Gasteiger partial charge >= 0.3 is 0 Å². The van der Waals surface area contributed by atoms with E-state index in [0.717, 1.165) is 32.6 Å². The molecule has 3 aromatic rings. The fourth-order valence-electron chi connectivity index (χ4n) is 2.96. The molecule has 4 rings (SSSR count). The van der Waals surface area contributed by atoms with Crippen LogP contribution in [0.4, 0.5) is 11.4 Å². The average molecular weight is 379 g/mol. The summed E-state index contributed by atoms with van der Waals surface area (Å²) in [5, 5.41) is 0.690. The lowest BCUT2D eigenvalue weighted by molar-refractivity contribution is -0.117. The monoisotopic (exact) mass is 378 g/mol. The molecule has 1 aromatic heterocycles. The smallest absolute Gasteiger partial charge is 0.245 e. The minimum Gasteiger partial charge on any atom is -0.278 e. The lowest BCUT2D eigenvalue weighted by Gasteiger charge is -2.33. The Bertz CT molecular complexity index is 885. The van der Waals surface area contributed by atoms with Gasteiger partial charge < -0.3 is 0 Å². The molecule has 3 nitrogen and oxygen atoms in total. The largest absolute Gasteiger partial charge is 0.278 e. The van der Waals surface area contributed by atoms with Gasteiger partial charge in [0.05, 0.1) is 21.7 Å². The summed E-state index contributed by atoms with van der Waals surface area (Å²) in [5.74, 6) is 0.100. The topological polar surface area (TPSA) is 33.2 Å². The molecule has 1 aliphatic rings. The molecule has 2 aromatic carbocycles. The molecule has 130 valence electrons. The van der Waals surface area contributed by atoms with Crippen molar-refractivity contribution in [2.75, 3.05) is 4.90 Å². The maximum Gasteiger partial charge on any atom is 0.245 e. The molecule has 0 bridgehead atoms. The van der Waals surface area contributed by atoms with Gasteiger partial charge in [0.1, 0.15) is 0 Å². The van der Waals surface area contributed by atoms with Crippen molar-refractivity contribution in [2.24, 2.45) is 0 Å². The molecule has 0 aliphatic carbocycles. The summed E-state index contributed by atoms with van der Waals surface area (Å²) in [6.45, 7) is 2.05. The maximum atomic E-state index is 13.5. The Kier molecular flexibility index (Phi) is 5.00. The summed E-state index contributed by atoms with van der Waals surface area (Å²) in [4.78, 5) is 22.0. The Morgan fingerprint density at radius 3 is 2.19 bits per heavy atom. The van der Waals surface area contributed by atoms with E-state index in [1.807, 2.05) is 59.5 Å². The van der Waals surface area contributed by atoms with Crippen molar-refractivity contribution in [3.05, 3.63) is 72.9 Å². The van der Waals surface area contributed by atoms with Crippen LogP contribution in [-0.2, 0) is 4.79 Å². The first-order valence-corrected chi connectivity index (χ1v) is 10.2. The zero-order chi connectivity index (χ0) is 17.9. The fourth-order valence-corrected chi connectivity index (χ4v) is 4.96. The summed E-state index contributed by atoms with van der Waals surface area (Å²) in [6, 6.07) is 22.0. The van der Waals surface area contributed by atoms with Crippen molar-refractivity contribution in [3.63, 3.8) is 0 Å². The summed E-state index contributed by atoms with van der Waals surface area (Å²) in [6.07, 6.45) is 2.51. The third-order valence-electron chi connectivity index (χ3n) is 4.20. The zero-order valence-electron chi connectivity index (χ0n) is 14.3. The van der Waals surface area contributed by atoms with Gasteiger partial charge in [0.2, 0.25) is 5.91 Å². The Balaban J connectivity index is 1.73. The second-order valence-electron chi connectivity index (χ2n) is 5.89. The summed E-state index contributed by atoms with van der Waals surface area (Å²) < 4.78 is 0. The number of nitrogens with zero attached hydrogens (tertiary/aromatic N) is 2. The molecule has 2 heterocycles. The highest BCUT2D eigenvalue weighted by Crippen LogP contribution is 2.48. The van der Waals surface area contributed by atoms with E-state index < -0.39 is 0 Å². The third-order valence-corrected chi connectivity index (χ3v) is 6.63. The van der Waals surface area contributed by atoms with Gasteiger partial charge in [-0.15, -0.1) is 0 Å². The molecule has 1 amide bonds. The fraction of sp³-hybridized carbons (Fsp3) is 0.143. The van der Waals surface area contributed by atoms with Crippen LogP contribution in [0.15, 0.2) is 87.7 Å². The van der Waals surface area contributed by atoms with Crippen molar-refractivity contribution in [2.45, 2.75) is 33.4 Å². The van der Waals surface area contributed by atoms with Gasteiger partial charge in [-0.1, -0.05) is 60.8 Å². The lowest BCUT2D eigenvalue weighted by Crippen LogP contribution is -2.35. The molecule has 1 atom stereocenters. The summed E-state index contributed by atoms with van der Waals surface area (Å²) >= 11 is 3.24. The molecule has 26 heavy (non-hydrogen) atoms. The van der Waals surface area contributed by atoms with Gasteiger partial charge in [-0.2, -0.15) is 0 Å². The van der Waals surface area contributed by atoms with Crippen LogP contribution in [-0.4, -0.2) is 16.1 Å². The number of hydrogen-bond donors (Lipinski definition) is 0. The van der Waals surface area contributed by atoms with E-state index in [1.165, 1.54) is 11.8 Å². The predicted molar refractivity (Wildman–Crippen MR) is 108 cm³/mol. The van der Waals surface area contributed by atoms with Crippen molar-refractivity contribution in [3.8, 4) is 0 Å². The van der Waals surface area contributed by atoms with Crippen molar-refractivity contribution >= 4 is 40.8 Å². The van der Waals surface area contributed by atoms with E-state index in [4.69, 9.17) is 0 Å². The number of carbonyl (C=O) groups is 1. The van der Waals surface area contributed by atoms with Crippen LogP contribution in [0, 0.1) is 0 Å². The molecule has 0 fully saturated rings. The number of hydrogen-bond acceptors (Lipinski definition) is 4. The van der Waals surface area contributed by atoms with Gasteiger partial charge in [-0.3, -0.25) is 9.69 Å². The van der Waals surface area contributed by atoms with Gasteiger partial charge in [-0.25, -0.2) is 4.98 Å². The van der Waals surface area contributed by atoms with Gasteiger partial charge in [0.15, 0.2) is 0 Å². The third kappa shape index (κ3) is 3.24. The van der Waals surface area contributed by atoms with Crippen LogP contribution in [0.2, 0.25) is 0 Å². The van der Waals surface area contributed by atoms with Crippen molar-refractivity contribution in [1.82, 2.24) is 4.98 Å². The van der Waals surface area contributed by atoms with Crippen LogP contribution in [0.25, 0.3) is 0 Å². The molecular weight excluding hydrogens is 360 g/mol. The van der Waals surface area contributed by atoms with Gasteiger partial charge in [0.25, 0.3) is 0 Å². The number of benzene rings is 2. The van der Waals surface area contributed by atoms with Crippen LogP contribution < -0.4 is 4.90 Å². The lowest BCUT2D eigenvalue weighted by atomic mass is 10.2. The number of thioether (sulfide) groups is 1. The molecule has 0 radical (unpaired) electrons. The molecule has 0 spiro atoms. The van der Waals surface area contributed by atoms with E-state index in [0.29, 0.717) is 0 Å². The molecular formula is C21H18N2OS2. The highest BCUT2D eigenvalue weighted by molar-refractivity contribution is 8.00. The number of rotatable bonds is 4. The SMILES string of the molecule is CCC(Sc1ccccn1)C(=O)N1c2ccccc2Sc2ccccc21. The first kappa shape index (κ1) is 17.2. The minimum atomic E-state index is -0.186. The standard InChI is InChI=1S/C21H18N2OS2/c1-2-17(26-20-13-7-8-14-22-20)21(24)23-15-9-3-5-11-18(15)25-19-12-6-4-10-16(19)23/h3-14,17H,2H2,1H3. The minimum absolute atomic E-state index is 0.100. The molecule has 1 unspecified atom stereocenters. The quantitative estimate of drug-likeness (QED) is 0.539. The predicted octanol–water partition coefficient (Wildman–Crippen LogP) is 5.78. The first-order chi connectivity index (χ1) is 12.8. The number of aromatic nitrogens is 1. The Morgan fingerprint density at radius 2 is 1.62 bits per heavy atom. The van der Waals surface area contributed by atoms with Crippen LogP contribution in [0.3, 0.4) is 0 Å². The first-order valence-electron chi connectivity index (χ1n) is 8.55. The second kappa shape index (κ2) is 7.56. The number of pyridine rings is 1. The number of amides is 1. The van der Waals surface area contributed by atoms with Crippen molar-refractivity contribution in [1.29, 1.82) is 0 Å². The summed E-state index contributed by atoms with van der Waals surface area (Å²) in [7, 11) is 0. The van der Waals surface area contributed by atoms with Crippen LogP contribution in [0.1, 0.15) is 13.3 Å². The Morgan fingerprint density at radius 1 is 1.00 bits per heavy atom. The number of para-hydroxylation sites is 2. The Hall–Kier alpha value is -2.24. The number of fused-ring (bicyclic) bond motifs is 2. The van der Waals surface area contributed by atoms with Crippen LogP contribution in [0.5, 0.6) is 0 Å². The second-order valence-corrected chi connectivity index (χ2v) is 8.20. The van der Waals surface area contributed by atoms with Crippen LogP contribution >= 0.6 is 23.5 Å². The van der Waals surface area contributed by atoms with E-state index in [1.54, 1.807) is 18.0 Å². The normalized spacial score (nSPS) is 13.7. The molecule has 0 saturated heterocycles. The summed E-state index contributed by atoms with van der Waals surface area (Å²) in [5.41, 5.74) is 1.92. The van der Waals surface area contributed by atoms with E-state index >= 15 is 0 Å². The average Bonchev–Trinajstić information content (AvgIpc) is 2.70. The van der Waals surface area contributed by atoms with E-state index in [9.17, 15) is 4.79 Å². The molecule has 0 N–H and O–H groups in total. The van der Waals surface area contributed by atoms with E-state index in [2.05, 4.69) is 24.0 Å². The molecule has 0 saturated carbocycles. The van der Waals surface area contributed by atoms with Gasteiger partial charge in [0, 0.05) is 16.0 Å². The van der Waals surface area contributed by atoms with Gasteiger partial charge in [-0.05, 0) is 42.8 Å². The molecule has 1 aliphatic heterocycles.